The molecule has 0 bridgehead atoms. The molecule has 1 aliphatic heterocycles. The van der Waals surface area contributed by atoms with Gasteiger partial charge >= 0.3 is 18.6 Å². The minimum absolute atomic E-state index is 0.00683. The molecule has 1 heterocycles. The molecule has 2 N–H and O–H groups in total. The maximum atomic E-state index is 12.1. The molecule has 2 amide bonds. The molecule has 1 saturated heterocycles. The van der Waals surface area contributed by atoms with Crippen LogP contribution in [0.4, 0.5) is 19.3 Å². The molecule has 1 aliphatic rings. The van der Waals surface area contributed by atoms with E-state index in [1.54, 1.807) is 6.92 Å². The number of hydrogen-bond acceptors (Lipinski definition) is 3. The van der Waals surface area contributed by atoms with Gasteiger partial charge in [-0.25, -0.2) is 4.79 Å². The number of urea groups is 1. The SMILES string of the molecule is CC1(C(=O)O)CCN(C(=O)Nc2ccc(OC(F)F)cc2)C1. The van der Waals surface area contributed by atoms with Crippen molar-refractivity contribution in [1.29, 1.82) is 0 Å². The number of aliphatic carboxylic acids is 1. The van der Waals surface area contributed by atoms with Gasteiger partial charge in [0.1, 0.15) is 5.75 Å². The fourth-order valence-electron chi connectivity index (χ4n) is 2.23. The standard InChI is InChI=1S/C14H16F2N2O4/c1-14(11(19)20)6-7-18(8-14)13(21)17-9-2-4-10(5-3-9)22-12(15)16/h2-5,12H,6-8H2,1H3,(H,17,21)(H,19,20). The maximum Gasteiger partial charge on any atom is 0.387 e. The Morgan fingerprint density at radius 1 is 1.36 bits per heavy atom. The molecule has 0 saturated carbocycles. The minimum atomic E-state index is -2.90. The monoisotopic (exact) mass is 314 g/mol. The Bertz CT molecular complexity index is 564. The van der Waals surface area contributed by atoms with E-state index in [0.29, 0.717) is 18.7 Å². The Balaban J connectivity index is 1.94. The van der Waals surface area contributed by atoms with E-state index >= 15 is 0 Å². The van der Waals surface area contributed by atoms with E-state index in [2.05, 4.69) is 10.1 Å². The van der Waals surface area contributed by atoms with Gasteiger partial charge in [-0.05, 0) is 37.6 Å². The lowest BCUT2D eigenvalue weighted by atomic mass is 9.90. The largest absolute Gasteiger partial charge is 0.481 e. The van der Waals surface area contributed by atoms with Crippen molar-refractivity contribution in [1.82, 2.24) is 4.90 Å². The Kier molecular flexibility index (Phi) is 4.48. The third kappa shape index (κ3) is 3.63. The lowest BCUT2D eigenvalue weighted by Crippen LogP contribution is -2.37. The third-order valence-electron chi connectivity index (χ3n) is 3.61. The Labute approximate surface area is 125 Å². The minimum Gasteiger partial charge on any atom is -0.481 e. The van der Waals surface area contributed by atoms with Gasteiger partial charge in [0.05, 0.1) is 5.41 Å². The van der Waals surface area contributed by atoms with Crippen molar-refractivity contribution >= 4 is 17.7 Å². The van der Waals surface area contributed by atoms with Crippen molar-refractivity contribution in [2.24, 2.45) is 5.41 Å². The summed E-state index contributed by atoms with van der Waals surface area (Å²) in [7, 11) is 0. The van der Waals surface area contributed by atoms with Crippen LogP contribution in [0.25, 0.3) is 0 Å². The van der Waals surface area contributed by atoms with Crippen LogP contribution in [-0.2, 0) is 4.79 Å². The first-order valence-corrected chi connectivity index (χ1v) is 6.64. The van der Waals surface area contributed by atoms with Gasteiger partial charge in [0.15, 0.2) is 0 Å². The lowest BCUT2D eigenvalue weighted by molar-refractivity contribution is -0.146. The van der Waals surface area contributed by atoms with Crippen LogP contribution < -0.4 is 10.1 Å². The molecule has 1 aromatic rings. The number of anilines is 1. The number of carbonyl (C=O) groups is 2. The van der Waals surface area contributed by atoms with Crippen molar-refractivity contribution in [2.45, 2.75) is 20.0 Å². The number of rotatable bonds is 4. The van der Waals surface area contributed by atoms with Gasteiger partial charge in [0.2, 0.25) is 0 Å². The van der Waals surface area contributed by atoms with Crippen molar-refractivity contribution in [3.63, 3.8) is 0 Å². The smallest absolute Gasteiger partial charge is 0.387 e. The maximum absolute atomic E-state index is 12.1. The van der Waals surface area contributed by atoms with Crippen LogP contribution in [0, 0.1) is 5.41 Å². The van der Waals surface area contributed by atoms with E-state index < -0.39 is 24.0 Å². The van der Waals surface area contributed by atoms with Gasteiger partial charge in [0, 0.05) is 18.8 Å². The fourth-order valence-corrected chi connectivity index (χ4v) is 2.23. The van der Waals surface area contributed by atoms with Gasteiger partial charge in [0.25, 0.3) is 0 Å². The highest BCUT2D eigenvalue weighted by Crippen LogP contribution is 2.30. The second-order valence-corrected chi connectivity index (χ2v) is 5.37. The average Bonchev–Trinajstić information content (AvgIpc) is 2.85. The predicted molar refractivity (Wildman–Crippen MR) is 74.0 cm³/mol. The number of carboxylic acid groups (broad SMARTS) is 1. The summed E-state index contributed by atoms with van der Waals surface area (Å²) in [5.74, 6) is -0.941. The zero-order chi connectivity index (χ0) is 16.3. The number of likely N-dealkylation sites (tertiary alicyclic amines) is 1. The number of alkyl halides is 2. The van der Waals surface area contributed by atoms with Crippen LogP contribution in [-0.4, -0.2) is 41.7 Å². The topological polar surface area (TPSA) is 78.9 Å². The van der Waals surface area contributed by atoms with Gasteiger partial charge in [-0.2, -0.15) is 8.78 Å². The van der Waals surface area contributed by atoms with Gasteiger partial charge in [-0.1, -0.05) is 0 Å². The van der Waals surface area contributed by atoms with E-state index in [-0.39, 0.29) is 12.3 Å². The molecule has 120 valence electrons. The molecule has 1 atom stereocenters. The summed E-state index contributed by atoms with van der Waals surface area (Å²) in [4.78, 5) is 24.6. The molecule has 22 heavy (non-hydrogen) atoms. The van der Waals surface area contributed by atoms with Crippen molar-refractivity contribution in [3.05, 3.63) is 24.3 Å². The summed E-state index contributed by atoms with van der Waals surface area (Å²) in [6, 6.07) is 5.07. The molecule has 1 fully saturated rings. The fraction of sp³-hybridized carbons (Fsp3) is 0.429. The number of halogens is 2. The Hall–Kier alpha value is -2.38. The number of amides is 2. The normalized spacial score (nSPS) is 21.0. The van der Waals surface area contributed by atoms with Gasteiger partial charge in [-0.3, -0.25) is 4.79 Å². The molecule has 0 aromatic heterocycles. The quantitative estimate of drug-likeness (QED) is 0.895. The molecular formula is C14H16F2N2O4. The second-order valence-electron chi connectivity index (χ2n) is 5.37. The van der Waals surface area contributed by atoms with Crippen molar-refractivity contribution in [2.75, 3.05) is 18.4 Å². The molecule has 1 aromatic carbocycles. The van der Waals surface area contributed by atoms with Crippen LogP contribution in [0.3, 0.4) is 0 Å². The first kappa shape index (κ1) is 16.0. The lowest BCUT2D eigenvalue weighted by Gasteiger charge is -2.20. The average molecular weight is 314 g/mol. The molecule has 6 nitrogen and oxygen atoms in total. The van der Waals surface area contributed by atoms with Crippen molar-refractivity contribution < 1.29 is 28.2 Å². The summed E-state index contributed by atoms with van der Waals surface area (Å²) >= 11 is 0. The number of carbonyl (C=O) groups excluding carboxylic acids is 1. The summed E-state index contributed by atoms with van der Waals surface area (Å²) < 4.78 is 28.3. The molecule has 0 radical (unpaired) electrons. The Morgan fingerprint density at radius 3 is 2.50 bits per heavy atom. The Morgan fingerprint density at radius 2 is 2.00 bits per heavy atom. The number of benzene rings is 1. The third-order valence-corrected chi connectivity index (χ3v) is 3.61. The summed E-state index contributed by atoms with van der Waals surface area (Å²) in [6.45, 7) is -0.833. The van der Waals surface area contributed by atoms with Crippen LogP contribution >= 0.6 is 0 Å². The molecular weight excluding hydrogens is 298 g/mol. The van der Waals surface area contributed by atoms with E-state index in [9.17, 15) is 18.4 Å². The van der Waals surface area contributed by atoms with Crippen LogP contribution in [0.5, 0.6) is 5.75 Å². The van der Waals surface area contributed by atoms with Gasteiger partial charge < -0.3 is 20.1 Å². The van der Waals surface area contributed by atoms with E-state index in [1.807, 2.05) is 0 Å². The highest BCUT2D eigenvalue weighted by molar-refractivity contribution is 5.90. The first-order valence-electron chi connectivity index (χ1n) is 6.64. The van der Waals surface area contributed by atoms with Crippen LogP contribution in [0.15, 0.2) is 24.3 Å². The number of nitrogens with zero attached hydrogens (tertiary/aromatic N) is 1. The van der Waals surface area contributed by atoms with E-state index in [1.165, 1.54) is 29.2 Å². The highest BCUT2D eigenvalue weighted by Gasteiger charge is 2.42. The molecule has 1 unspecified atom stereocenters. The highest BCUT2D eigenvalue weighted by atomic mass is 19.3. The number of carboxylic acids is 1. The second kappa shape index (κ2) is 6.17. The number of nitrogens with one attached hydrogen (secondary N) is 1. The molecule has 2 rings (SSSR count). The summed E-state index contributed by atoms with van der Waals surface area (Å²) in [6.07, 6.45) is 0.386. The van der Waals surface area contributed by atoms with Crippen molar-refractivity contribution in [3.8, 4) is 5.75 Å². The first-order chi connectivity index (χ1) is 10.3. The van der Waals surface area contributed by atoms with Gasteiger partial charge in [-0.15, -0.1) is 0 Å². The zero-order valence-corrected chi connectivity index (χ0v) is 11.9. The number of hydrogen-bond donors (Lipinski definition) is 2. The van der Waals surface area contributed by atoms with E-state index in [0.717, 1.165) is 0 Å². The molecule has 8 heteroatoms. The summed E-state index contributed by atoms with van der Waals surface area (Å²) in [5.41, 5.74) is -0.526. The number of ether oxygens (including phenoxy) is 1. The van der Waals surface area contributed by atoms with Crippen LogP contribution in [0.1, 0.15) is 13.3 Å². The zero-order valence-electron chi connectivity index (χ0n) is 11.9. The van der Waals surface area contributed by atoms with E-state index in [4.69, 9.17) is 5.11 Å². The predicted octanol–water partition coefficient (Wildman–Crippen LogP) is 2.62. The molecule has 0 aliphatic carbocycles. The van der Waals surface area contributed by atoms with Crippen LogP contribution in [0.2, 0.25) is 0 Å². The molecule has 0 spiro atoms. The summed E-state index contributed by atoms with van der Waals surface area (Å²) in [5, 5.41) is 11.7.